The van der Waals surface area contributed by atoms with Crippen molar-refractivity contribution in [2.24, 2.45) is 10.9 Å². The molecule has 2 heterocycles. The number of rotatable bonds is 8. The van der Waals surface area contributed by atoms with Crippen LogP contribution < -0.4 is 15.4 Å². The van der Waals surface area contributed by atoms with Gasteiger partial charge in [-0.2, -0.15) is 0 Å². The van der Waals surface area contributed by atoms with Gasteiger partial charge in [0.15, 0.2) is 11.7 Å². The third-order valence-corrected chi connectivity index (χ3v) is 5.45. The average molecular weight is 435 g/mol. The minimum absolute atomic E-state index is 0.467. The third-order valence-electron chi connectivity index (χ3n) is 5.45. The smallest absolute Gasteiger partial charge is 0.191 e. The van der Waals surface area contributed by atoms with Gasteiger partial charge in [-0.15, -0.1) is 0 Å². The molecule has 1 fully saturated rings. The zero-order chi connectivity index (χ0) is 22.2. The van der Waals surface area contributed by atoms with Crippen molar-refractivity contribution in [1.29, 1.82) is 0 Å². The highest BCUT2D eigenvalue weighted by Crippen LogP contribution is 2.23. The largest absolute Gasteiger partial charge is 0.493 e. The van der Waals surface area contributed by atoms with Gasteiger partial charge in [-0.05, 0) is 25.0 Å². The SMILES string of the molecule is CN=C(NCc1cc(-c2ccccc2)on1)NCc1ccc(C)cc1OCC1CCOC1. The van der Waals surface area contributed by atoms with Crippen LogP contribution in [-0.4, -0.2) is 38.0 Å². The van der Waals surface area contributed by atoms with Crippen LogP contribution in [0.2, 0.25) is 0 Å². The molecular formula is C25H30N4O3. The van der Waals surface area contributed by atoms with Gasteiger partial charge in [-0.3, -0.25) is 4.99 Å². The van der Waals surface area contributed by atoms with E-state index < -0.39 is 0 Å². The van der Waals surface area contributed by atoms with Gasteiger partial charge in [-0.1, -0.05) is 47.6 Å². The quantitative estimate of drug-likeness (QED) is 0.413. The third kappa shape index (κ3) is 5.88. The van der Waals surface area contributed by atoms with E-state index in [4.69, 9.17) is 14.0 Å². The summed E-state index contributed by atoms with van der Waals surface area (Å²) in [6.45, 7) is 5.48. The van der Waals surface area contributed by atoms with Crippen molar-refractivity contribution in [3.8, 4) is 17.1 Å². The molecule has 1 unspecified atom stereocenters. The summed E-state index contributed by atoms with van der Waals surface area (Å²) in [5, 5.41) is 10.8. The molecule has 7 nitrogen and oxygen atoms in total. The molecule has 4 rings (SSSR count). The van der Waals surface area contributed by atoms with E-state index in [0.717, 1.165) is 48.0 Å². The summed E-state index contributed by atoms with van der Waals surface area (Å²) in [4.78, 5) is 4.32. The maximum absolute atomic E-state index is 6.14. The molecule has 0 amide bonds. The van der Waals surface area contributed by atoms with Crippen LogP contribution in [0.3, 0.4) is 0 Å². The number of aryl methyl sites for hydroxylation is 1. The van der Waals surface area contributed by atoms with Gasteiger partial charge in [0.1, 0.15) is 11.4 Å². The van der Waals surface area contributed by atoms with Gasteiger partial charge in [0.2, 0.25) is 0 Å². The van der Waals surface area contributed by atoms with Crippen LogP contribution in [0, 0.1) is 12.8 Å². The first-order chi connectivity index (χ1) is 15.7. The summed E-state index contributed by atoms with van der Waals surface area (Å²) >= 11 is 0. The van der Waals surface area contributed by atoms with Crippen LogP contribution in [0.1, 0.15) is 23.2 Å². The number of guanidine groups is 1. The molecule has 1 aliphatic rings. The molecule has 1 saturated heterocycles. The van der Waals surface area contributed by atoms with E-state index in [0.29, 0.717) is 31.6 Å². The lowest BCUT2D eigenvalue weighted by Gasteiger charge is -2.16. The van der Waals surface area contributed by atoms with Crippen molar-refractivity contribution in [1.82, 2.24) is 15.8 Å². The Balaban J connectivity index is 1.31. The van der Waals surface area contributed by atoms with Crippen LogP contribution in [0.25, 0.3) is 11.3 Å². The van der Waals surface area contributed by atoms with Crippen LogP contribution in [-0.2, 0) is 17.8 Å². The van der Waals surface area contributed by atoms with Gasteiger partial charge >= 0.3 is 0 Å². The number of benzene rings is 2. The van der Waals surface area contributed by atoms with Gasteiger partial charge in [0.25, 0.3) is 0 Å². The monoisotopic (exact) mass is 434 g/mol. The van der Waals surface area contributed by atoms with Crippen molar-refractivity contribution in [3.63, 3.8) is 0 Å². The molecule has 2 N–H and O–H groups in total. The Kier molecular flexibility index (Phi) is 7.40. The molecule has 7 heteroatoms. The fraction of sp³-hybridized carbons (Fsp3) is 0.360. The van der Waals surface area contributed by atoms with Crippen molar-refractivity contribution in [2.45, 2.75) is 26.4 Å². The molecular weight excluding hydrogens is 404 g/mol. The van der Waals surface area contributed by atoms with Gasteiger partial charge < -0.3 is 24.6 Å². The number of nitrogens with one attached hydrogen (secondary N) is 2. The van der Waals surface area contributed by atoms with E-state index in [-0.39, 0.29) is 0 Å². The summed E-state index contributed by atoms with van der Waals surface area (Å²) in [6.07, 6.45) is 1.06. The summed E-state index contributed by atoms with van der Waals surface area (Å²) in [5.41, 5.74) is 4.08. The topological polar surface area (TPSA) is 80.9 Å². The van der Waals surface area contributed by atoms with Crippen molar-refractivity contribution >= 4 is 5.96 Å². The average Bonchev–Trinajstić information content (AvgIpc) is 3.52. The molecule has 168 valence electrons. The van der Waals surface area contributed by atoms with E-state index >= 15 is 0 Å². The number of aromatic nitrogens is 1. The molecule has 0 spiro atoms. The highest BCUT2D eigenvalue weighted by Gasteiger charge is 2.17. The predicted octanol–water partition coefficient (Wildman–Crippen LogP) is 3.93. The lowest BCUT2D eigenvalue weighted by atomic mass is 10.1. The summed E-state index contributed by atoms with van der Waals surface area (Å²) in [5.74, 6) is 2.81. The molecule has 0 bridgehead atoms. The highest BCUT2D eigenvalue weighted by molar-refractivity contribution is 5.79. The van der Waals surface area contributed by atoms with Gasteiger partial charge in [0.05, 0.1) is 19.8 Å². The van der Waals surface area contributed by atoms with E-state index in [1.54, 1.807) is 7.05 Å². The lowest BCUT2D eigenvalue weighted by molar-refractivity contribution is 0.166. The number of hydrogen-bond acceptors (Lipinski definition) is 5. The molecule has 1 aliphatic heterocycles. The number of hydrogen-bond donors (Lipinski definition) is 2. The first-order valence-corrected chi connectivity index (χ1v) is 11.0. The predicted molar refractivity (Wildman–Crippen MR) is 125 cm³/mol. The van der Waals surface area contributed by atoms with Crippen LogP contribution in [0.15, 0.2) is 64.1 Å². The van der Waals surface area contributed by atoms with E-state index in [9.17, 15) is 0 Å². The first kappa shape index (κ1) is 21.9. The van der Waals surface area contributed by atoms with E-state index in [1.165, 1.54) is 5.56 Å². The molecule has 1 aromatic heterocycles. The number of aliphatic imine (C=N–C) groups is 1. The second-order valence-corrected chi connectivity index (χ2v) is 7.98. The summed E-state index contributed by atoms with van der Waals surface area (Å²) in [6, 6.07) is 18.2. The standard InChI is InChI=1S/C25H30N4O3/c1-18-8-9-21(23(12-18)31-17-19-10-11-30-16-19)14-27-25(26-2)28-15-22-13-24(32-29-22)20-6-4-3-5-7-20/h3-9,12-13,19H,10-11,14-17H2,1-2H3,(H2,26,27,28). The number of nitrogens with zero attached hydrogens (tertiary/aromatic N) is 2. The fourth-order valence-electron chi connectivity index (χ4n) is 3.57. The van der Waals surface area contributed by atoms with E-state index in [2.05, 4.69) is 45.9 Å². The molecule has 0 radical (unpaired) electrons. The second-order valence-electron chi connectivity index (χ2n) is 7.98. The first-order valence-electron chi connectivity index (χ1n) is 11.0. The minimum Gasteiger partial charge on any atom is -0.493 e. The Hall–Kier alpha value is -3.32. The van der Waals surface area contributed by atoms with Crippen LogP contribution in [0.4, 0.5) is 0 Å². The summed E-state index contributed by atoms with van der Waals surface area (Å²) in [7, 11) is 1.75. The van der Waals surface area contributed by atoms with Gasteiger partial charge in [-0.25, -0.2) is 0 Å². The zero-order valence-corrected chi connectivity index (χ0v) is 18.6. The fourth-order valence-corrected chi connectivity index (χ4v) is 3.57. The molecule has 2 aromatic carbocycles. The second kappa shape index (κ2) is 10.8. The maximum Gasteiger partial charge on any atom is 0.191 e. The molecule has 0 saturated carbocycles. The van der Waals surface area contributed by atoms with Crippen molar-refractivity contribution in [2.75, 3.05) is 26.9 Å². The van der Waals surface area contributed by atoms with E-state index in [1.807, 2.05) is 36.4 Å². The molecule has 3 aromatic rings. The normalized spacial score (nSPS) is 16.2. The molecule has 1 atom stereocenters. The zero-order valence-electron chi connectivity index (χ0n) is 18.6. The Morgan fingerprint density at radius 2 is 1.97 bits per heavy atom. The van der Waals surface area contributed by atoms with Crippen LogP contribution >= 0.6 is 0 Å². The maximum atomic E-state index is 6.14. The molecule has 0 aliphatic carbocycles. The Labute approximate surface area is 188 Å². The Bertz CT molecular complexity index is 1030. The van der Waals surface area contributed by atoms with Crippen molar-refractivity contribution in [3.05, 3.63) is 71.4 Å². The highest BCUT2D eigenvalue weighted by atomic mass is 16.5. The van der Waals surface area contributed by atoms with Gasteiger partial charge in [0, 0.05) is 43.3 Å². The Morgan fingerprint density at radius 3 is 2.75 bits per heavy atom. The number of ether oxygens (including phenoxy) is 2. The Morgan fingerprint density at radius 1 is 1.12 bits per heavy atom. The van der Waals surface area contributed by atoms with Crippen molar-refractivity contribution < 1.29 is 14.0 Å². The lowest BCUT2D eigenvalue weighted by Crippen LogP contribution is -2.36. The minimum atomic E-state index is 0.467. The molecule has 32 heavy (non-hydrogen) atoms. The van der Waals surface area contributed by atoms with Crippen LogP contribution in [0.5, 0.6) is 5.75 Å². The summed E-state index contributed by atoms with van der Waals surface area (Å²) < 4.78 is 17.1.